The molecule has 0 heterocycles. The van der Waals surface area contributed by atoms with E-state index < -0.39 is 0 Å². The van der Waals surface area contributed by atoms with Gasteiger partial charge < -0.3 is 10.2 Å². The lowest BCUT2D eigenvalue weighted by atomic mass is 10.2. The predicted molar refractivity (Wildman–Crippen MR) is 67.6 cm³/mol. The van der Waals surface area contributed by atoms with E-state index in [1.165, 1.54) is 6.07 Å². The fourth-order valence-electron chi connectivity index (χ4n) is 1.63. The van der Waals surface area contributed by atoms with Crippen LogP contribution in [0.1, 0.15) is 19.4 Å². The zero-order valence-corrected chi connectivity index (χ0v) is 10.6. The molecule has 0 bridgehead atoms. The van der Waals surface area contributed by atoms with Gasteiger partial charge in [0.25, 0.3) is 0 Å². The van der Waals surface area contributed by atoms with E-state index in [9.17, 15) is 9.18 Å². The van der Waals surface area contributed by atoms with E-state index in [0.29, 0.717) is 18.8 Å². The average molecular weight is 238 g/mol. The summed E-state index contributed by atoms with van der Waals surface area (Å²) in [5, 5.41) is 2.84. The number of nitrogens with one attached hydrogen (secondary N) is 1. The third-order valence-electron chi connectivity index (χ3n) is 2.67. The minimum absolute atomic E-state index is 0.0177. The zero-order chi connectivity index (χ0) is 12.8. The van der Waals surface area contributed by atoms with E-state index in [1.54, 1.807) is 17.0 Å². The number of aryl methyl sites for hydroxylation is 1. The summed E-state index contributed by atoms with van der Waals surface area (Å²) in [5.41, 5.74) is 1.34. The van der Waals surface area contributed by atoms with Crippen molar-refractivity contribution in [2.45, 2.75) is 20.8 Å². The van der Waals surface area contributed by atoms with Crippen LogP contribution in [0.4, 0.5) is 10.1 Å². The topological polar surface area (TPSA) is 32.3 Å². The van der Waals surface area contributed by atoms with Gasteiger partial charge in [-0.15, -0.1) is 0 Å². The fourth-order valence-corrected chi connectivity index (χ4v) is 1.63. The molecule has 0 radical (unpaired) electrons. The summed E-state index contributed by atoms with van der Waals surface area (Å²) in [5.74, 6) is -0.348. The van der Waals surface area contributed by atoms with Crippen LogP contribution in [-0.4, -0.2) is 30.4 Å². The van der Waals surface area contributed by atoms with Crippen LogP contribution in [0.5, 0.6) is 0 Å². The van der Waals surface area contributed by atoms with Crippen molar-refractivity contribution in [2.24, 2.45) is 0 Å². The maximum Gasteiger partial charge on any atom is 0.241 e. The molecule has 0 saturated heterocycles. The minimum atomic E-state index is -0.331. The van der Waals surface area contributed by atoms with Gasteiger partial charge in [0, 0.05) is 13.1 Å². The third-order valence-corrected chi connectivity index (χ3v) is 2.67. The number of hydrogen-bond acceptors (Lipinski definition) is 2. The fraction of sp³-hybridized carbons (Fsp3) is 0.462. The lowest BCUT2D eigenvalue weighted by Crippen LogP contribution is -2.35. The van der Waals surface area contributed by atoms with E-state index in [0.717, 1.165) is 5.56 Å². The van der Waals surface area contributed by atoms with Crippen molar-refractivity contribution in [1.29, 1.82) is 0 Å². The summed E-state index contributed by atoms with van der Waals surface area (Å²) in [6.07, 6.45) is 0. The number of likely N-dealkylation sites (N-methyl/N-ethyl adjacent to an activating group) is 1. The molecule has 17 heavy (non-hydrogen) atoms. The highest BCUT2D eigenvalue weighted by Crippen LogP contribution is 2.15. The smallest absolute Gasteiger partial charge is 0.241 e. The van der Waals surface area contributed by atoms with Crippen LogP contribution in [0.15, 0.2) is 18.2 Å². The Morgan fingerprint density at radius 2 is 2.00 bits per heavy atom. The first-order chi connectivity index (χ1) is 8.08. The molecule has 4 heteroatoms. The van der Waals surface area contributed by atoms with Crippen LogP contribution < -0.4 is 5.32 Å². The van der Waals surface area contributed by atoms with Crippen LogP contribution in [-0.2, 0) is 4.79 Å². The van der Waals surface area contributed by atoms with Gasteiger partial charge in [-0.05, 0) is 38.5 Å². The Hall–Kier alpha value is -1.58. The number of halogens is 1. The molecular formula is C13H19FN2O. The summed E-state index contributed by atoms with van der Waals surface area (Å²) >= 11 is 0. The molecule has 0 aliphatic rings. The molecule has 3 nitrogen and oxygen atoms in total. The van der Waals surface area contributed by atoms with E-state index in [2.05, 4.69) is 5.32 Å². The number of nitrogens with zero attached hydrogens (tertiary/aromatic N) is 1. The molecule has 1 amide bonds. The standard InChI is InChI=1S/C13H19FN2O/c1-4-16(5-2)13(17)9-15-12-8-10(3)6-7-11(12)14/h6-8,15H,4-5,9H2,1-3H3. The molecule has 1 rings (SSSR count). The van der Waals surface area contributed by atoms with Gasteiger partial charge in [0.05, 0.1) is 12.2 Å². The molecule has 0 atom stereocenters. The Bertz CT molecular complexity index is 389. The second-order valence-corrected chi connectivity index (χ2v) is 3.90. The maximum absolute atomic E-state index is 13.4. The largest absolute Gasteiger partial charge is 0.374 e. The van der Waals surface area contributed by atoms with Gasteiger partial charge in [0.15, 0.2) is 0 Å². The number of carbonyl (C=O) groups excluding carboxylic acids is 1. The molecule has 94 valence electrons. The Morgan fingerprint density at radius 1 is 1.35 bits per heavy atom. The molecule has 1 N–H and O–H groups in total. The van der Waals surface area contributed by atoms with Gasteiger partial charge in [-0.25, -0.2) is 4.39 Å². The van der Waals surface area contributed by atoms with E-state index in [-0.39, 0.29) is 18.3 Å². The minimum Gasteiger partial charge on any atom is -0.374 e. The van der Waals surface area contributed by atoms with E-state index in [1.807, 2.05) is 20.8 Å². The van der Waals surface area contributed by atoms with Crippen molar-refractivity contribution in [2.75, 3.05) is 25.0 Å². The Balaban J connectivity index is 2.61. The van der Waals surface area contributed by atoms with Crippen LogP contribution in [0, 0.1) is 12.7 Å². The highest BCUT2D eigenvalue weighted by atomic mass is 19.1. The van der Waals surface area contributed by atoms with Gasteiger partial charge >= 0.3 is 0 Å². The van der Waals surface area contributed by atoms with Crippen molar-refractivity contribution in [3.63, 3.8) is 0 Å². The normalized spacial score (nSPS) is 10.1. The SMILES string of the molecule is CCN(CC)C(=O)CNc1cc(C)ccc1F. The first-order valence-corrected chi connectivity index (χ1v) is 5.86. The zero-order valence-electron chi connectivity index (χ0n) is 10.6. The molecule has 1 aromatic carbocycles. The van der Waals surface area contributed by atoms with Gasteiger partial charge in [0.2, 0.25) is 5.91 Å². The lowest BCUT2D eigenvalue weighted by Gasteiger charge is -2.19. The number of amides is 1. The summed E-state index contributed by atoms with van der Waals surface area (Å²) in [4.78, 5) is 13.4. The number of anilines is 1. The predicted octanol–water partition coefficient (Wildman–Crippen LogP) is 2.41. The van der Waals surface area contributed by atoms with E-state index >= 15 is 0 Å². The van der Waals surface area contributed by atoms with Gasteiger partial charge in [-0.2, -0.15) is 0 Å². The summed E-state index contributed by atoms with van der Waals surface area (Å²) in [6, 6.07) is 4.80. The maximum atomic E-state index is 13.4. The van der Waals surface area contributed by atoms with Crippen molar-refractivity contribution in [1.82, 2.24) is 4.90 Å². The van der Waals surface area contributed by atoms with Gasteiger partial charge in [0.1, 0.15) is 5.82 Å². The molecule has 0 fully saturated rings. The first-order valence-electron chi connectivity index (χ1n) is 5.86. The molecule has 0 spiro atoms. The van der Waals surface area contributed by atoms with Crippen LogP contribution in [0.2, 0.25) is 0 Å². The van der Waals surface area contributed by atoms with Crippen molar-refractivity contribution < 1.29 is 9.18 Å². The summed E-state index contributed by atoms with van der Waals surface area (Å²) in [6.45, 7) is 7.21. The molecule has 0 saturated carbocycles. The Labute approximate surface area is 102 Å². The lowest BCUT2D eigenvalue weighted by molar-refractivity contribution is -0.128. The monoisotopic (exact) mass is 238 g/mol. The van der Waals surface area contributed by atoms with Crippen molar-refractivity contribution in [3.8, 4) is 0 Å². The molecule has 1 aromatic rings. The molecule has 0 aliphatic carbocycles. The van der Waals surface area contributed by atoms with Crippen molar-refractivity contribution >= 4 is 11.6 Å². The van der Waals surface area contributed by atoms with Crippen LogP contribution >= 0.6 is 0 Å². The Kier molecular flexibility index (Phi) is 4.94. The van der Waals surface area contributed by atoms with Gasteiger partial charge in [-0.3, -0.25) is 4.79 Å². The van der Waals surface area contributed by atoms with Gasteiger partial charge in [-0.1, -0.05) is 6.07 Å². The second kappa shape index (κ2) is 6.23. The number of hydrogen-bond donors (Lipinski definition) is 1. The first kappa shape index (κ1) is 13.5. The molecule has 0 unspecified atom stereocenters. The average Bonchev–Trinajstić information content (AvgIpc) is 2.32. The summed E-state index contributed by atoms with van der Waals surface area (Å²) in [7, 11) is 0. The number of benzene rings is 1. The van der Waals surface area contributed by atoms with Crippen LogP contribution in [0.25, 0.3) is 0 Å². The quantitative estimate of drug-likeness (QED) is 0.854. The molecule has 0 aliphatic heterocycles. The molecular weight excluding hydrogens is 219 g/mol. The highest BCUT2D eigenvalue weighted by Gasteiger charge is 2.10. The Morgan fingerprint density at radius 3 is 2.59 bits per heavy atom. The number of carbonyl (C=O) groups is 1. The second-order valence-electron chi connectivity index (χ2n) is 3.90. The summed E-state index contributed by atoms with van der Waals surface area (Å²) < 4.78 is 13.4. The highest BCUT2D eigenvalue weighted by molar-refractivity contribution is 5.80. The van der Waals surface area contributed by atoms with Crippen molar-refractivity contribution in [3.05, 3.63) is 29.6 Å². The number of rotatable bonds is 5. The third kappa shape index (κ3) is 3.73. The molecule has 0 aromatic heterocycles. The van der Waals surface area contributed by atoms with Crippen LogP contribution in [0.3, 0.4) is 0 Å². The van der Waals surface area contributed by atoms with E-state index in [4.69, 9.17) is 0 Å².